The van der Waals surface area contributed by atoms with Crippen LogP contribution in [0.1, 0.15) is 30.4 Å². The molecule has 3 aromatic carbocycles. The highest BCUT2D eigenvalue weighted by Crippen LogP contribution is 2.49. The van der Waals surface area contributed by atoms with Gasteiger partial charge in [0.05, 0.1) is 22.5 Å². The maximum atomic E-state index is 6.58. The lowest BCUT2D eigenvalue weighted by Gasteiger charge is -2.29. The Kier molecular flexibility index (Phi) is 5.59. The molecule has 3 nitrogen and oxygen atoms in total. The van der Waals surface area contributed by atoms with Gasteiger partial charge in [-0.15, -0.1) is 4.31 Å². The molecule has 3 aromatic rings. The Hall–Kier alpha value is -1.85. The monoisotopic (exact) mass is 458 g/mol. The third-order valence-electron chi connectivity index (χ3n) is 5.48. The van der Waals surface area contributed by atoms with Crippen molar-refractivity contribution in [1.82, 2.24) is 4.31 Å². The van der Waals surface area contributed by atoms with E-state index in [-0.39, 0.29) is 0 Å². The minimum Gasteiger partial charge on any atom is -0.440 e. The maximum absolute atomic E-state index is 6.58. The van der Waals surface area contributed by atoms with Crippen molar-refractivity contribution < 1.29 is 9.47 Å². The van der Waals surface area contributed by atoms with E-state index in [9.17, 15) is 0 Å². The molecule has 0 amide bonds. The van der Waals surface area contributed by atoms with Gasteiger partial charge in [-0.25, -0.2) is 0 Å². The predicted molar refractivity (Wildman–Crippen MR) is 124 cm³/mol. The number of fused-ring (bicyclic) bond motifs is 1. The van der Waals surface area contributed by atoms with Crippen LogP contribution in [0.15, 0.2) is 71.6 Å². The molecule has 1 unspecified atom stereocenters. The van der Waals surface area contributed by atoms with E-state index in [2.05, 4.69) is 16.4 Å². The van der Waals surface area contributed by atoms with Crippen LogP contribution < -0.4 is 9.47 Å². The van der Waals surface area contributed by atoms with Crippen LogP contribution in [0.5, 0.6) is 11.5 Å². The molecule has 0 radical (unpaired) electrons. The Bertz CT molecular complexity index is 1050. The summed E-state index contributed by atoms with van der Waals surface area (Å²) < 4.78 is 15.5. The number of benzene rings is 3. The van der Waals surface area contributed by atoms with Crippen molar-refractivity contribution in [3.63, 3.8) is 0 Å². The molecule has 1 saturated heterocycles. The Labute approximate surface area is 191 Å². The molecule has 30 heavy (non-hydrogen) atoms. The zero-order chi connectivity index (χ0) is 20.6. The van der Waals surface area contributed by atoms with Crippen molar-refractivity contribution in [2.75, 3.05) is 13.1 Å². The van der Waals surface area contributed by atoms with Gasteiger partial charge in [-0.05, 0) is 61.4 Å². The van der Waals surface area contributed by atoms with E-state index in [4.69, 9.17) is 32.7 Å². The minimum atomic E-state index is -1.15. The van der Waals surface area contributed by atoms with E-state index >= 15 is 0 Å². The molecule has 2 aliphatic heterocycles. The summed E-state index contributed by atoms with van der Waals surface area (Å²) in [4.78, 5) is 1.20. The fourth-order valence-electron chi connectivity index (χ4n) is 3.97. The molecule has 0 spiro atoms. The fourth-order valence-corrected chi connectivity index (χ4v) is 5.49. The molecular weight excluding hydrogens is 437 g/mol. The molecule has 2 heterocycles. The fraction of sp³-hybridized carbons (Fsp3) is 0.250. The van der Waals surface area contributed by atoms with Gasteiger partial charge in [0.2, 0.25) is 0 Å². The molecular formula is C24H22Cl2NO2S+. The SMILES string of the molecule is Clc1ccc(C2(c3ccccc3Cl)Oc3ccc([SH+]N4CCCCC4)cc3O2)cc1. The van der Waals surface area contributed by atoms with Crippen LogP contribution in [0.4, 0.5) is 0 Å². The van der Waals surface area contributed by atoms with Crippen molar-refractivity contribution in [3.05, 3.63) is 87.9 Å². The molecule has 0 aliphatic carbocycles. The molecule has 1 fully saturated rings. The molecule has 0 N–H and O–H groups in total. The second kappa shape index (κ2) is 8.35. The van der Waals surface area contributed by atoms with Crippen LogP contribution in [0.25, 0.3) is 0 Å². The van der Waals surface area contributed by atoms with Crippen LogP contribution in [0.3, 0.4) is 0 Å². The van der Waals surface area contributed by atoms with Crippen molar-refractivity contribution >= 4 is 35.1 Å². The molecule has 0 saturated carbocycles. The Balaban J connectivity index is 1.52. The van der Waals surface area contributed by atoms with E-state index in [1.165, 1.54) is 36.1 Å². The number of rotatable bonds is 4. The topological polar surface area (TPSA) is 21.7 Å². The summed E-state index contributed by atoms with van der Waals surface area (Å²) in [7, 11) is 0. The molecule has 5 rings (SSSR count). The summed E-state index contributed by atoms with van der Waals surface area (Å²) in [5, 5.41) is 1.25. The average molecular weight is 459 g/mol. The van der Waals surface area contributed by atoms with E-state index < -0.39 is 5.79 Å². The second-order valence-corrected chi connectivity index (χ2v) is 9.68. The maximum Gasteiger partial charge on any atom is 0.307 e. The van der Waals surface area contributed by atoms with Crippen LogP contribution in [-0.2, 0) is 17.7 Å². The van der Waals surface area contributed by atoms with Gasteiger partial charge in [-0.3, -0.25) is 0 Å². The summed E-state index contributed by atoms with van der Waals surface area (Å²) in [6.07, 6.45) is 3.86. The number of piperidine rings is 1. The highest BCUT2D eigenvalue weighted by atomic mass is 35.5. The molecule has 2 aliphatic rings. The summed E-state index contributed by atoms with van der Waals surface area (Å²) in [6.45, 7) is 2.29. The summed E-state index contributed by atoms with van der Waals surface area (Å²) >= 11 is 13.9. The van der Waals surface area contributed by atoms with E-state index in [1.807, 2.05) is 54.6 Å². The molecule has 154 valence electrons. The predicted octanol–water partition coefficient (Wildman–Crippen LogP) is 6.24. The number of halogens is 2. The van der Waals surface area contributed by atoms with Crippen molar-refractivity contribution in [2.45, 2.75) is 29.9 Å². The van der Waals surface area contributed by atoms with Crippen molar-refractivity contribution in [2.24, 2.45) is 0 Å². The Morgan fingerprint density at radius 2 is 1.53 bits per heavy atom. The molecule has 0 aromatic heterocycles. The van der Waals surface area contributed by atoms with Gasteiger partial charge in [0.1, 0.15) is 0 Å². The number of nitrogens with zero attached hydrogens (tertiary/aromatic N) is 1. The third-order valence-corrected chi connectivity index (χ3v) is 7.25. The van der Waals surface area contributed by atoms with Crippen LogP contribution in [0, 0.1) is 0 Å². The highest BCUT2D eigenvalue weighted by molar-refractivity contribution is 7.76. The van der Waals surface area contributed by atoms with Gasteiger partial charge in [0.25, 0.3) is 0 Å². The van der Waals surface area contributed by atoms with Gasteiger partial charge in [0, 0.05) is 29.7 Å². The minimum absolute atomic E-state index is 0.590. The number of hydrogen-bond acceptors (Lipinski definition) is 3. The lowest BCUT2D eigenvalue weighted by Crippen LogP contribution is -2.37. The molecule has 1 atom stereocenters. The van der Waals surface area contributed by atoms with Crippen LogP contribution in [0.2, 0.25) is 10.0 Å². The Morgan fingerprint density at radius 3 is 2.30 bits per heavy atom. The first-order chi connectivity index (χ1) is 14.6. The first-order valence-corrected chi connectivity index (χ1v) is 11.7. The molecule has 6 heteroatoms. The average Bonchev–Trinajstić information content (AvgIpc) is 3.15. The van der Waals surface area contributed by atoms with E-state index in [0.29, 0.717) is 15.8 Å². The standard InChI is InChI=1S/C24H21Cl2NO2S/c25-18-10-8-17(9-11-18)24(20-6-2-3-7-21(20)26)28-22-13-12-19(16-23(22)29-24)30-27-14-4-1-5-15-27/h2-3,6-13,16H,1,4-5,14-15H2/p+1. The normalized spacial score (nSPS) is 21.0. The zero-order valence-electron chi connectivity index (χ0n) is 16.4. The van der Waals surface area contributed by atoms with Gasteiger partial charge in [0.15, 0.2) is 16.4 Å². The van der Waals surface area contributed by atoms with Crippen LogP contribution >= 0.6 is 23.2 Å². The summed E-state index contributed by atoms with van der Waals surface area (Å²) in [6, 6.07) is 21.3. The number of thiol groups is 1. The first-order valence-electron chi connectivity index (χ1n) is 10.1. The lowest BCUT2D eigenvalue weighted by atomic mass is 9.97. The van der Waals surface area contributed by atoms with E-state index in [0.717, 1.165) is 30.0 Å². The smallest absolute Gasteiger partial charge is 0.307 e. The number of ether oxygens (including phenoxy) is 2. The second-order valence-electron chi connectivity index (χ2n) is 7.55. The van der Waals surface area contributed by atoms with Gasteiger partial charge in [-0.2, -0.15) is 0 Å². The van der Waals surface area contributed by atoms with E-state index in [1.54, 1.807) is 0 Å². The van der Waals surface area contributed by atoms with Gasteiger partial charge in [-0.1, -0.05) is 41.8 Å². The molecule has 0 bridgehead atoms. The third kappa shape index (κ3) is 3.78. The first kappa shape index (κ1) is 20.1. The summed E-state index contributed by atoms with van der Waals surface area (Å²) in [5.74, 6) is 0.292. The lowest BCUT2D eigenvalue weighted by molar-refractivity contribution is -0.0458. The van der Waals surface area contributed by atoms with Crippen LogP contribution in [-0.4, -0.2) is 17.4 Å². The highest BCUT2D eigenvalue weighted by Gasteiger charge is 2.47. The van der Waals surface area contributed by atoms with Gasteiger partial charge < -0.3 is 9.47 Å². The largest absolute Gasteiger partial charge is 0.440 e. The van der Waals surface area contributed by atoms with Gasteiger partial charge >= 0.3 is 5.79 Å². The quantitative estimate of drug-likeness (QED) is 0.341. The number of hydrogen-bond donors (Lipinski definition) is 0. The van der Waals surface area contributed by atoms with Crippen molar-refractivity contribution in [3.8, 4) is 11.5 Å². The Morgan fingerprint density at radius 1 is 0.800 bits per heavy atom. The zero-order valence-corrected chi connectivity index (χ0v) is 18.8. The van der Waals surface area contributed by atoms with Crippen molar-refractivity contribution in [1.29, 1.82) is 0 Å². The summed E-state index contributed by atoms with van der Waals surface area (Å²) in [5.41, 5.74) is 1.60.